The summed E-state index contributed by atoms with van der Waals surface area (Å²) in [7, 11) is 1.51. The first-order chi connectivity index (χ1) is 11.3. The quantitative estimate of drug-likeness (QED) is 0.735. The molecule has 0 aliphatic carbocycles. The number of amides is 1. The average Bonchev–Trinajstić information content (AvgIpc) is 2.99. The smallest absolute Gasteiger partial charge is 0.246 e. The number of hydrogen-bond donors (Lipinski definition) is 2. The summed E-state index contributed by atoms with van der Waals surface area (Å²) >= 11 is 0. The number of H-pyrrole nitrogens is 1. The van der Waals surface area contributed by atoms with Gasteiger partial charge in [0.2, 0.25) is 5.91 Å². The number of hydrogen-bond acceptors (Lipinski definition) is 3. The number of para-hydroxylation sites is 2. The van der Waals surface area contributed by atoms with Crippen molar-refractivity contribution in [2.45, 2.75) is 12.5 Å². The van der Waals surface area contributed by atoms with Gasteiger partial charge in [-0.15, -0.1) is 0 Å². The Morgan fingerprint density at radius 3 is 2.65 bits per heavy atom. The van der Waals surface area contributed by atoms with Gasteiger partial charge in [-0.1, -0.05) is 42.5 Å². The lowest BCUT2D eigenvalue weighted by Gasteiger charge is -2.16. The summed E-state index contributed by atoms with van der Waals surface area (Å²) in [5, 5.41) is 2.99. The van der Waals surface area contributed by atoms with Gasteiger partial charge in [0.25, 0.3) is 0 Å². The molecule has 118 valence electrons. The molecule has 2 aromatic carbocycles. The van der Waals surface area contributed by atoms with E-state index < -0.39 is 0 Å². The number of aromatic nitrogens is 2. The van der Waals surface area contributed by atoms with E-state index in [9.17, 15) is 4.79 Å². The SMILES string of the molecule is COCC(=O)NC(Cc1ccccc1)c1nc2ccccc2[nH]1. The molecule has 0 fully saturated rings. The third-order valence-electron chi connectivity index (χ3n) is 3.63. The molecule has 0 bridgehead atoms. The largest absolute Gasteiger partial charge is 0.375 e. The highest BCUT2D eigenvalue weighted by Gasteiger charge is 2.18. The van der Waals surface area contributed by atoms with Gasteiger partial charge in [-0.05, 0) is 24.1 Å². The Balaban J connectivity index is 1.88. The number of fused-ring (bicyclic) bond motifs is 1. The molecule has 0 spiro atoms. The van der Waals surface area contributed by atoms with Gasteiger partial charge >= 0.3 is 0 Å². The predicted molar refractivity (Wildman–Crippen MR) is 89.0 cm³/mol. The van der Waals surface area contributed by atoms with E-state index in [1.54, 1.807) is 0 Å². The van der Waals surface area contributed by atoms with Crippen molar-refractivity contribution in [1.82, 2.24) is 15.3 Å². The molecule has 3 rings (SSSR count). The van der Waals surface area contributed by atoms with Crippen LogP contribution in [0.4, 0.5) is 0 Å². The van der Waals surface area contributed by atoms with Gasteiger partial charge in [0.1, 0.15) is 12.4 Å². The Hall–Kier alpha value is -2.66. The number of rotatable bonds is 6. The van der Waals surface area contributed by atoms with E-state index in [-0.39, 0.29) is 18.6 Å². The van der Waals surface area contributed by atoms with Gasteiger partial charge in [0.15, 0.2) is 0 Å². The first-order valence-electron chi connectivity index (χ1n) is 7.53. The number of carbonyl (C=O) groups excluding carboxylic acids is 1. The maximum absolute atomic E-state index is 12.0. The van der Waals surface area contributed by atoms with Crippen LogP contribution in [0.15, 0.2) is 54.6 Å². The molecule has 23 heavy (non-hydrogen) atoms. The third-order valence-corrected chi connectivity index (χ3v) is 3.63. The molecule has 5 nitrogen and oxygen atoms in total. The van der Waals surface area contributed by atoms with E-state index >= 15 is 0 Å². The summed E-state index contributed by atoms with van der Waals surface area (Å²) in [6.45, 7) is 0.0333. The minimum Gasteiger partial charge on any atom is -0.375 e. The molecule has 1 heterocycles. The zero-order valence-corrected chi connectivity index (χ0v) is 13.0. The normalized spacial score (nSPS) is 12.2. The Bertz CT molecular complexity index is 750. The van der Waals surface area contributed by atoms with E-state index in [4.69, 9.17) is 4.74 Å². The van der Waals surface area contributed by atoms with Crippen LogP contribution in [-0.2, 0) is 16.0 Å². The average molecular weight is 309 g/mol. The molecular formula is C18H19N3O2. The molecule has 1 atom stereocenters. The summed E-state index contributed by atoms with van der Waals surface area (Å²) in [4.78, 5) is 19.9. The van der Waals surface area contributed by atoms with Crippen LogP contribution < -0.4 is 5.32 Å². The second-order valence-electron chi connectivity index (χ2n) is 5.38. The van der Waals surface area contributed by atoms with Crippen LogP contribution in [0.2, 0.25) is 0 Å². The second kappa shape index (κ2) is 7.07. The molecular weight excluding hydrogens is 290 g/mol. The van der Waals surface area contributed by atoms with E-state index in [1.165, 1.54) is 7.11 Å². The second-order valence-corrected chi connectivity index (χ2v) is 5.38. The van der Waals surface area contributed by atoms with Gasteiger partial charge < -0.3 is 15.0 Å². The number of nitrogens with zero attached hydrogens (tertiary/aromatic N) is 1. The van der Waals surface area contributed by atoms with Crippen molar-refractivity contribution in [2.75, 3.05) is 13.7 Å². The monoisotopic (exact) mass is 309 g/mol. The zero-order valence-electron chi connectivity index (χ0n) is 13.0. The van der Waals surface area contributed by atoms with Crippen LogP contribution in [0.25, 0.3) is 11.0 Å². The van der Waals surface area contributed by atoms with Crippen molar-refractivity contribution >= 4 is 16.9 Å². The summed E-state index contributed by atoms with van der Waals surface area (Å²) in [5.74, 6) is 0.591. The Labute approximate surface area is 134 Å². The number of carbonyl (C=O) groups is 1. The lowest BCUT2D eigenvalue weighted by Crippen LogP contribution is -2.33. The molecule has 0 aliphatic heterocycles. The summed E-state index contributed by atoms with van der Waals surface area (Å²) in [6.07, 6.45) is 0.663. The minimum absolute atomic E-state index is 0.0333. The van der Waals surface area contributed by atoms with Crippen molar-refractivity contribution in [3.05, 3.63) is 66.0 Å². The highest BCUT2D eigenvalue weighted by molar-refractivity contribution is 5.78. The first kappa shape index (κ1) is 15.2. The maximum Gasteiger partial charge on any atom is 0.246 e. The number of methoxy groups -OCH3 is 1. The van der Waals surface area contributed by atoms with Crippen molar-refractivity contribution in [2.24, 2.45) is 0 Å². The van der Waals surface area contributed by atoms with Crippen molar-refractivity contribution in [3.8, 4) is 0 Å². The minimum atomic E-state index is -0.229. The number of benzene rings is 2. The first-order valence-corrected chi connectivity index (χ1v) is 7.53. The Morgan fingerprint density at radius 1 is 1.17 bits per heavy atom. The molecule has 3 aromatic rings. The molecule has 2 N–H and O–H groups in total. The lowest BCUT2D eigenvalue weighted by molar-refractivity contribution is -0.125. The van der Waals surface area contributed by atoms with Gasteiger partial charge in [-0.25, -0.2) is 4.98 Å². The highest BCUT2D eigenvalue weighted by Crippen LogP contribution is 2.19. The third kappa shape index (κ3) is 3.76. The summed E-state index contributed by atoms with van der Waals surface area (Å²) in [6, 6.07) is 17.6. The Morgan fingerprint density at radius 2 is 1.91 bits per heavy atom. The molecule has 0 saturated heterocycles. The molecule has 1 aromatic heterocycles. The Kier molecular flexibility index (Phi) is 4.68. The van der Waals surface area contributed by atoms with Crippen LogP contribution >= 0.6 is 0 Å². The van der Waals surface area contributed by atoms with E-state index in [2.05, 4.69) is 15.3 Å². The van der Waals surface area contributed by atoms with Gasteiger partial charge in [0, 0.05) is 7.11 Å². The number of nitrogens with one attached hydrogen (secondary N) is 2. The maximum atomic E-state index is 12.0. The highest BCUT2D eigenvalue weighted by atomic mass is 16.5. The molecule has 5 heteroatoms. The van der Waals surface area contributed by atoms with Crippen molar-refractivity contribution in [3.63, 3.8) is 0 Å². The molecule has 0 saturated carbocycles. The molecule has 1 unspecified atom stereocenters. The van der Waals surface area contributed by atoms with Crippen molar-refractivity contribution < 1.29 is 9.53 Å². The fraction of sp³-hybridized carbons (Fsp3) is 0.222. The van der Waals surface area contributed by atoms with Gasteiger partial charge in [0.05, 0.1) is 17.1 Å². The fourth-order valence-electron chi connectivity index (χ4n) is 2.57. The van der Waals surface area contributed by atoms with Crippen LogP contribution in [0.5, 0.6) is 0 Å². The topological polar surface area (TPSA) is 67.0 Å². The molecule has 0 radical (unpaired) electrons. The van der Waals surface area contributed by atoms with Crippen LogP contribution in [0, 0.1) is 0 Å². The van der Waals surface area contributed by atoms with Crippen molar-refractivity contribution in [1.29, 1.82) is 0 Å². The number of ether oxygens (including phenoxy) is 1. The zero-order chi connectivity index (χ0) is 16.1. The molecule has 0 aliphatic rings. The standard InChI is InChI=1S/C18H19N3O2/c1-23-12-17(22)19-16(11-13-7-3-2-4-8-13)18-20-14-9-5-6-10-15(14)21-18/h2-10,16H,11-12H2,1H3,(H,19,22)(H,20,21). The van der Waals surface area contributed by atoms with Crippen LogP contribution in [0.1, 0.15) is 17.4 Å². The van der Waals surface area contributed by atoms with E-state index in [0.29, 0.717) is 6.42 Å². The summed E-state index contributed by atoms with van der Waals surface area (Å²) in [5.41, 5.74) is 2.98. The fourth-order valence-corrected chi connectivity index (χ4v) is 2.57. The van der Waals surface area contributed by atoms with Gasteiger partial charge in [-0.3, -0.25) is 4.79 Å². The molecule has 1 amide bonds. The predicted octanol–water partition coefficient (Wildman–Crippen LogP) is 2.61. The van der Waals surface area contributed by atoms with Crippen LogP contribution in [0.3, 0.4) is 0 Å². The van der Waals surface area contributed by atoms with E-state index in [1.807, 2.05) is 54.6 Å². The number of aromatic amines is 1. The van der Waals surface area contributed by atoms with Crippen LogP contribution in [-0.4, -0.2) is 29.6 Å². The lowest BCUT2D eigenvalue weighted by atomic mass is 10.1. The van der Waals surface area contributed by atoms with E-state index in [0.717, 1.165) is 22.4 Å². The van der Waals surface area contributed by atoms with Gasteiger partial charge in [-0.2, -0.15) is 0 Å². The summed E-state index contributed by atoms with van der Waals surface area (Å²) < 4.78 is 4.91. The number of imidazole rings is 1.